The average Bonchev–Trinajstić information content (AvgIpc) is 2.28. The normalized spacial score (nSPS) is 11.3. The zero-order chi connectivity index (χ0) is 13.6. The van der Waals surface area contributed by atoms with Crippen LogP contribution in [0.5, 0.6) is 0 Å². The van der Waals surface area contributed by atoms with Crippen molar-refractivity contribution in [3.8, 4) is 0 Å². The van der Waals surface area contributed by atoms with Crippen LogP contribution in [0.15, 0.2) is 24.3 Å². The highest BCUT2D eigenvalue weighted by atomic mass is 16.1. The molecule has 18 heavy (non-hydrogen) atoms. The fourth-order valence-corrected chi connectivity index (χ4v) is 1.89. The molecule has 3 N–H and O–H groups in total. The number of hydrogen-bond acceptors (Lipinski definition) is 2. The van der Waals surface area contributed by atoms with E-state index in [0.29, 0.717) is 13.0 Å². The number of carbonyl (C=O) groups excluding carboxylic acids is 1. The molecule has 1 rings (SSSR count). The number of anilines is 1. The maximum absolute atomic E-state index is 11.8. The van der Waals surface area contributed by atoms with Gasteiger partial charge in [0.1, 0.15) is 0 Å². The predicted molar refractivity (Wildman–Crippen MR) is 76.7 cm³/mol. The smallest absolute Gasteiger partial charge is 0.224 e. The van der Waals surface area contributed by atoms with Crippen molar-refractivity contribution in [2.24, 2.45) is 5.73 Å². The van der Waals surface area contributed by atoms with Crippen LogP contribution in [0.25, 0.3) is 0 Å². The van der Waals surface area contributed by atoms with Crippen LogP contribution in [-0.2, 0) is 10.2 Å². The van der Waals surface area contributed by atoms with Crippen molar-refractivity contribution < 1.29 is 4.79 Å². The lowest BCUT2D eigenvalue weighted by molar-refractivity contribution is -0.116. The summed E-state index contributed by atoms with van der Waals surface area (Å²) in [5.74, 6) is 0.0696. The highest BCUT2D eigenvalue weighted by molar-refractivity contribution is 5.91. The number of hydrogen-bond donors (Lipinski definition) is 2. The molecule has 0 aliphatic heterocycles. The lowest BCUT2D eigenvalue weighted by Crippen LogP contribution is -2.18. The summed E-state index contributed by atoms with van der Waals surface area (Å²) in [6.07, 6.45) is 2.28. The maximum Gasteiger partial charge on any atom is 0.224 e. The Morgan fingerprint density at radius 2 is 1.89 bits per heavy atom. The molecule has 0 saturated carbocycles. The summed E-state index contributed by atoms with van der Waals surface area (Å²) < 4.78 is 0. The molecule has 100 valence electrons. The molecule has 1 aromatic rings. The molecule has 0 bridgehead atoms. The molecule has 3 heteroatoms. The van der Waals surface area contributed by atoms with Crippen molar-refractivity contribution in [3.63, 3.8) is 0 Å². The molecule has 1 amide bonds. The number of para-hydroxylation sites is 1. The van der Waals surface area contributed by atoms with Crippen LogP contribution in [0.2, 0.25) is 0 Å². The van der Waals surface area contributed by atoms with E-state index in [0.717, 1.165) is 24.1 Å². The molecule has 0 aromatic heterocycles. The third-order valence-corrected chi connectivity index (χ3v) is 2.87. The molecule has 0 saturated heterocycles. The maximum atomic E-state index is 11.8. The van der Waals surface area contributed by atoms with Gasteiger partial charge in [-0.05, 0) is 36.4 Å². The summed E-state index contributed by atoms with van der Waals surface area (Å²) >= 11 is 0. The molecule has 0 heterocycles. The summed E-state index contributed by atoms with van der Waals surface area (Å²) in [7, 11) is 0. The van der Waals surface area contributed by atoms with Gasteiger partial charge in [0.2, 0.25) is 5.91 Å². The lowest BCUT2D eigenvalue weighted by atomic mass is 9.86. The molecule has 0 radical (unpaired) electrons. The Morgan fingerprint density at radius 3 is 2.50 bits per heavy atom. The Morgan fingerprint density at radius 1 is 1.22 bits per heavy atom. The van der Waals surface area contributed by atoms with E-state index in [2.05, 4.69) is 32.2 Å². The number of nitrogens with two attached hydrogens (primary N) is 1. The molecule has 3 nitrogen and oxygen atoms in total. The number of carbonyl (C=O) groups is 1. The minimum atomic E-state index is 0.0289. The van der Waals surface area contributed by atoms with Gasteiger partial charge in [0, 0.05) is 12.1 Å². The number of rotatable bonds is 5. The van der Waals surface area contributed by atoms with Crippen LogP contribution >= 0.6 is 0 Å². The summed E-state index contributed by atoms with van der Waals surface area (Å²) in [5, 5.41) is 3.00. The van der Waals surface area contributed by atoms with E-state index in [4.69, 9.17) is 5.73 Å². The number of unbranched alkanes of at least 4 members (excludes halogenated alkanes) is 1. The number of benzene rings is 1. The second kappa shape index (κ2) is 6.55. The van der Waals surface area contributed by atoms with Crippen molar-refractivity contribution >= 4 is 11.6 Å². The highest BCUT2D eigenvalue weighted by Gasteiger charge is 2.18. The first-order chi connectivity index (χ1) is 8.45. The first-order valence-electron chi connectivity index (χ1n) is 6.54. The second-order valence-electron chi connectivity index (χ2n) is 5.59. The van der Waals surface area contributed by atoms with E-state index in [1.165, 1.54) is 0 Å². The van der Waals surface area contributed by atoms with Gasteiger partial charge in [-0.25, -0.2) is 0 Å². The average molecular weight is 248 g/mol. The van der Waals surface area contributed by atoms with Gasteiger partial charge in [-0.1, -0.05) is 39.0 Å². The Bertz CT molecular complexity index is 394. The lowest BCUT2D eigenvalue weighted by Gasteiger charge is -2.23. The van der Waals surface area contributed by atoms with Crippen molar-refractivity contribution in [1.82, 2.24) is 0 Å². The Balaban J connectivity index is 2.70. The molecular weight excluding hydrogens is 224 g/mol. The quantitative estimate of drug-likeness (QED) is 0.787. The summed E-state index contributed by atoms with van der Waals surface area (Å²) in [4.78, 5) is 11.8. The fraction of sp³-hybridized carbons (Fsp3) is 0.533. The summed E-state index contributed by atoms with van der Waals surface area (Å²) in [6.45, 7) is 7.08. The number of amides is 1. The van der Waals surface area contributed by atoms with Crippen molar-refractivity contribution in [2.75, 3.05) is 11.9 Å². The minimum Gasteiger partial charge on any atom is -0.330 e. The molecular formula is C15H24N2O. The van der Waals surface area contributed by atoms with Crippen LogP contribution in [0, 0.1) is 0 Å². The molecule has 0 fully saturated rings. The zero-order valence-electron chi connectivity index (χ0n) is 11.6. The van der Waals surface area contributed by atoms with Crippen LogP contribution < -0.4 is 11.1 Å². The van der Waals surface area contributed by atoms with Crippen molar-refractivity contribution in [3.05, 3.63) is 29.8 Å². The van der Waals surface area contributed by atoms with E-state index < -0.39 is 0 Å². The van der Waals surface area contributed by atoms with Gasteiger partial charge in [-0.3, -0.25) is 4.79 Å². The summed E-state index contributed by atoms with van der Waals surface area (Å²) in [6, 6.07) is 7.98. The van der Waals surface area contributed by atoms with Gasteiger partial charge in [-0.2, -0.15) is 0 Å². The van der Waals surface area contributed by atoms with Crippen LogP contribution in [0.3, 0.4) is 0 Å². The fourth-order valence-electron chi connectivity index (χ4n) is 1.89. The molecule has 0 atom stereocenters. The zero-order valence-corrected chi connectivity index (χ0v) is 11.6. The van der Waals surface area contributed by atoms with Gasteiger partial charge < -0.3 is 11.1 Å². The van der Waals surface area contributed by atoms with E-state index in [-0.39, 0.29) is 11.3 Å². The monoisotopic (exact) mass is 248 g/mol. The second-order valence-corrected chi connectivity index (χ2v) is 5.59. The van der Waals surface area contributed by atoms with Gasteiger partial charge in [0.25, 0.3) is 0 Å². The van der Waals surface area contributed by atoms with E-state index >= 15 is 0 Å². The summed E-state index contributed by atoms with van der Waals surface area (Å²) in [5.41, 5.74) is 7.53. The van der Waals surface area contributed by atoms with Crippen LogP contribution in [0.1, 0.15) is 45.6 Å². The van der Waals surface area contributed by atoms with Gasteiger partial charge in [0.15, 0.2) is 0 Å². The van der Waals surface area contributed by atoms with E-state index in [9.17, 15) is 4.79 Å². The van der Waals surface area contributed by atoms with E-state index in [1.807, 2.05) is 18.2 Å². The largest absolute Gasteiger partial charge is 0.330 e. The van der Waals surface area contributed by atoms with Crippen LogP contribution in [-0.4, -0.2) is 12.5 Å². The van der Waals surface area contributed by atoms with Crippen LogP contribution in [0.4, 0.5) is 5.69 Å². The molecule has 0 spiro atoms. The highest BCUT2D eigenvalue weighted by Crippen LogP contribution is 2.29. The topological polar surface area (TPSA) is 55.1 Å². The molecule has 1 aromatic carbocycles. The third-order valence-electron chi connectivity index (χ3n) is 2.87. The van der Waals surface area contributed by atoms with Gasteiger partial charge in [0.05, 0.1) is 0 Å². The Kier molecular flexibility index (Phi) is 5.35. The predicted octanol–water partition coefficient (Wildman–Crippen LogP) is 3.05. The molecule has 0 unspecified atom stereocenters. The minimum absolute atomic E-state index is 0.0289. The SMILES string of the molecule is CC(C)(C)c1ccccc1NC(=O)CCCCN. The van der Waals surface area contributed by atoms with Crippen molar-refractivity contribution in [1.29, 1.82) is 0 Å². The Hall–Kier alpha value is -1.35. The molecule has 0 aliphatic carbocycles. The third kappa shape index (κ3) is 4.49. The van der Waals surface area contributed by atoms with Crippen molar-refractivity contribution in [2.45, 2.75) is 45.4 Å². The van der Waals surface area contributed by atoms with E-state index in [1.54, 1.807) is 0 Å². The van der Waals surface area contributed by atoms with Gasteiger partial charge >= 0.3 is 0 Å². The van der Waals surface area contributed by atoms with Gasteiger partial charge in [-0.15, -0.1) is 0 Å². The molecule has 0 aliphatic rings. The first-order valence-corrected chi connectivity index (χ1v) is 6.54. The standard InChI is InChI=1S/C15H24N2O/c1-15(2,3)12-8-4-5-9-13(12)17-14(18)10-6-7-11-16/h4-5,8-9H,6-7,10-11,16H2,1-3H3,(H,17,18). The number of nitrogens with one attached hydrogen (secondary N) is 1. The first kappa shape index (κ1) is 14.7. The Labute approximate surface area is 110 Å².